The standard InChI is InChI=1S/C32H45ClN4O4S/c1-35(2)19-9-8-15-27(34-24-11-4-3-5-12-24)31(39)37-21-20-36(32(40)41-30-16-7-6-14-26(30)33)23-28(37)29(38)18-17-25-13-10-22-42-25/h6-7,10,13-14,16,22,24,27-28,34H,3-5,8-9,11-12,15,17-21,23H2,1-2H3/t27-,28+/m1/s1. The van der Waals surface area contributed by atoms with Gasteiger partial charge < -0.3 is 24.8 Å². The second-order valence-electron chi connectivity index (χ2n) is 11.7. The van der Waals surface area contributed by atoms with Crippen molar-refractivity contribution >= 4 is 40.7 Å². The van der Waals surface area contributed by atoms with Gasteiger partial charge in [-0.25, -0.2) is 4.79 Å². The highest BCUT2D eigenvalue weighted by atomic mass is 35.5. The molecule has 1 aromatic heterocycles. The van der Waals surface area contributed by atoms with Crippen molar-refractivity contribution < 1.29 is 19.1 Å². The SMILES string of the molecule is CN(C)CCCC[C@@H](NC1CCCCC1)C(=O)N1CCN(C(=O)Oc2ccccc2Cl)C[C@H]1C(=O)CCc1cccs1. The van der Waals surface area contributed by atoms with Gasteiger partial charge in [-0.3, -0.25) is 9.59 Å². The molecule has 42 heavy (non-hydrogen) atoms. The van der Waals surface area contributed by atoms with E-state index in [0.29, 0.717) is 30.5 Å². The molecule has 1 aromatic carbocycles. The van der Waals surface area contributed by atoms with E-state index in [2.05, 4.69) is 24.3 Å². The largest absolute Gasteiger partial charge is 0.415 e. The van der Waals surface area contributed by atoms with E-state index in [-0.39, 0.29) is 36.6 Å². The molecular weight excluding hydrogens is 572 g/mol. The lowest BCUT2D eigenvalue weighted by Crippen LogP contribution is -2.63. The Kier molecular flexibility index (Phi) is 12.7. The highest BCUT2D eigenvalue weighted by Gasteiger charge is 2.40. The Morgan fingerprint density at radius 2 is 1.86 bits per heavy atom. The Labute approximate surface area is 259 Å². The molecule has 8 nitrogen and oxygen atoms in total. The molecule has 1 saturated carbocycles. The predicted molar refractivity (Wildman–Crippen MR) is 168 cm³/mol. The number of piperazine rings is 1. The average molecular weight is 617 g/mol. The summed E-state index contributed by atoms with van der Waals surface area (Å²) in [5.74, 6) is 0.216. The Bertz CT molecular complexity index is 1160. The second kappa shape index (κ2) is 16.4. The highest BCUT2D eigenvalue weighted by molar-refractivity contribution is 7.09. The Morgan fingerprint density at radius 3 is 2.57 bits per heavy atom. The molecule has 0 spiro atoms. The van der Waals surface area contributed by atoms with Crippen LogP contribution in [-0.2, 0) is 16.0 Å². The summed E-state index contributed by atoms with van der Waals surface area (Å²) >= 11 is 7.83. The van der Waals surface area contributed by atoms with E-state index in [0.717, 1.165) is 43.5 Å². The minimum Gasteiger partial charge on any atom is -0.409 e. The molecule has 2 aromatic rings. The van der Waals surface area contributed by atoms with Crippen LogP contribution >= 0.6 is 22.9 Å². The van der Waals surface area contributed by atoms with Crippen molar-refractivity contribution in [3.8, 4) is 5.75 Å². The topological polar surface area (TPSA) is 82.2 Å². The number of hydrogen-bond acceptors (Lipinski definition) is 7. The van der Waals surface area contributed by atoms with E-state index in [1.54, 1.807) is 40.5 Å². The molecule has 2 atom stereocenters. The molecule has 1 aliphatic carbocycles. The monoisotopic (exact) mass is 616 g/mol. The Hall–Kier alpha value is -2.46. The average Bonchev–Trinajstić information content (AvgIpc) is 3.52. The second-order valence-corrected chi connectivity index (χ2v) is 13.1. The maximum Gasteiger partial charge on any atom is 0.415 e. The molecule has 2 aliphatic rings. The van der Waals surface area contributed by atoms with Gasteiger partial charge in [-0.15, -0.1) is 11.3 Å². The third kappa shape index (κ3) is 9.53. The van der Waals surface area contributed by atoms with Crippen molar-refractivity contribution in [1.82, 2.24) is 20.0 Å². The number of rotatable bonds is 13. The summed E-state index contributed by atoms with van der Waals surface area (Å²) in [6.07, 6.45) is 8.78. The smallest absolute Gasteiger partial charge is 0.409 e. The van der Waals surface area contributed by atoms with Gasteiger partial charge in [0.1, 0.15) is 6.04 Å². The molecular formula is C32H45ClN4O4S. The number of nitrogens with zero attached hydrogens (tertiary/aromatic N) is 3. The molecule has 1 aliphatic heterocycles. The first-order valence-corrected chi connectivity index (χ1v) is 16.5. The summed E-state index contributed by atoms with van der Waals surface area (Å²) < 4.78 is 5.59. The first kappa shape index (κ1) is 32.5. The third-order valence-electron chi connectivity index (χ3n) is 8.21. The van der Waals surface area contributed by atoms with Gasteiger partial charge in [0.2, 0.25) is 5.91 Å². The maximum atomic E-state index is 14.2. The number of Topliss-reactive ketones (excluding diaryl/α,β-unsaturated/α-hetero) is 1. The summed E-state index contributed by atoms with van der Waals surface area (Å²) in [5.41, 5.74) is 0. The van der Waals surface area contributed by atoms with Crippen LogP contribution in [0.5, 0.6) is 5.75 Å². The van der Waals surface area contributed by atoms with Crippen molar-refractivity contribution in [2.24, 2.45) is 0 Å². The normalized spacial score (nSPS) is 18.7. The van der Waals surface area contributed by atoms with Gasteiger partial charge in [0.15, 0.2) is 11.5 Å². The van der Waals surface area contributed by atoms with E-state index in [1.807, 2.05) is 17.5 Å². The van der Waals surface area contributed by atoms with Gasteiger partial charge in [0.05, 0.1) is 17.6 Å². The van der Waals surface area contributed by atoms with Crippen LogP contribution in [0.15, 0.2) is 41.8 Å². The van der Waals surface area contributed by atoms with E-state index < -0.39 is 12.1 Å². The lowest BCUT2D eigenvalue weighted by molar-refractivity contribution is -0.144. The predicted octanol–water partition coefficient (Wildman–Crippen LogP) is 5.64. The van der Waals surface area contributed by atoms with Crippen LogP contribution in [0.3, 0.4) is 0 Å². The quantitative estimate of drug-likeness (QED) is 0.294. The minimum atomic E-state index is -0.720. The van der Waals surface area contributed by atoms with Crippen molar-refractivity contribution in [1.29, 1.82) is 0 Å². The van der Waals surface area contributed by atoms with Crippen LogP contribution in [0.4, 0.5) is 4.79 Å². The number of amides is 2. The van der Waals surface area contributed by atoms with E-state index in [1.165, 1.54) is 24.2 Å². The van der Waals surface area contributed by atoms with Crippen LogP contribution < -0.4 is 10.1 Å². The van der Waals surface area contributed by atoms with Crippen LogP contribution in [-0.4, -0.2) is 90.9 Å². The molecule has 0 radical (unpaired) electrons. The van der Waals surface area contributed by atoms with Gasteiger partial charge in [0, 0.05) is 30.4 Å². The van der Waals surface area contributed by atoms with Crippen molar-refractivity contribution in [3.05, 3.63) is 51.7 Å². The summed E-state index contributed by atoms with van der Waals surface area (Å²) in [6, 6.07) is 10.1. The molecule has 230 valence electrons. The van der Waals surface area contributed by atoms with Crippen LogP contribution in [0.1, 0.15) is 62.7 Å². The number of carbonyl (C=O) groups excluding carboxylic acids is 3. The zero-order valence-corrected chi connectivity index (χ0v) is 26.5. The molecule has 1 N–H and O–H groups in total. The first-order valence-electron chi connectivity index (χ1n) is 15.3. The molecule has 10 heteroatoms. The van der Waals surface area contributed by atoms with Crippen molar-refractivity contribution in [2.75, 3.05) is 40.3 Å². The van der Waals surface area contributed by atoms with Crippen LogP contribution in [0.25, 0.3) is 0 Å². The number of thiophene rings is 1. The van der Waals surface area contributed by atoms with Crippen molar-refractivity contribution in [2.45, 2.75) is 82.3 Å². The Morgan fingerprint density at radius 1 is 1.07 bits per heavy atom. The zero-order valence-electron chi connectivity index (χ0n) is 24.9. The van der Waals surface area contributed by atoms with Gasteiger partial charge in [-0.2, -0.15) is 0 Å². The number of ether oxygens (including phenoxy) is 1. The number of unbranched alkanes of at least 4 members (excludes halogenated alkanes) is 1. The fourth-order valence-electron chi connectivity index (χ4n) is 5.85. The summed E-state index contributed by atoms with van der Waals surface area (Å²) in [7, 11) is 4.12. The molecule has 2 fully saturated rings. The number of halogens is 1. The minimum absolute atomic E-state index is 0.0287. The maximum absolute atomic E-state index is 14.2. The van der Waals surface area contributed by atoms with Crippen LogP contribution in [0, 0.1) is 0 Å². The molecule has 4 rings (SSSR count). The number of benzene rings is 1. The lowest BCUT2D eigenvalue weighted by atomic mass is 9.93. The molecule has 1 saturated heterocycles. The summed E-state index contributed by atoms with van der Waals surface area (Å²) in [4.78, 5) is 47.6. The number of hydrogen-bond donors (Lipinski definition) is 1. The fraction of sp³-hybridized carbons (Fsp3) is 0.594. The fourth-order valence-corrected chi connectivity index (χ4v) is 6.73. The van der Waals surface area contributed by atoms with E-state index >= 15 is 0 Å². The van der Waals surface area contributed by atoms with Gasteiger partial charge in [-0.1, -0.05) is 55.5 Å². The number of nitrogens with one attached hydrogen (secondary N) is 1. The number of aryl methyl sites for hydroxylation is 1. The van der Waals surface area contributed by atoms with Gasteiger partial charge in [0.25, 0.3) is 0 Å². The van der Waals surface area contributed by atoms with Crippen molar-refractivity contribution in [3.63, 3.8) is 0 Å². The van der Waals surface area contributed by atoms with Crippen LogP contribution in [0.2, 0.25) is 5.02 Å². The highest BCUT2D eigenvalue weighted by Crippen LogP contribution is 2.26. The third-order valence-corrected chi connectivity index (χ3v) is 9.46. The number of carbonyl (C=O) groups is 3. The zero-order chi connectivity index (χ0) is 29.9. The number of ketones is 1. The lowest BCUT2D eigenvalue weighted by Gasteiger charge is -2.42. The van der Waals surface area contributed by atoms with E-state index in [4.69, 9.17) is 16.3 Å². The van der Waals surface area contributed by atoms with Gasteiger partial charge in [-0.05, 0) is 76.3 Å². The Balaban J connectivity index is 1.49. The first-order chi connectivity index (χ1) is 20.3. The van der Waals surface area contributed by atoms with Gasteiger partial charge >= 0.3 is 6.09 Å². The summed E-state index contributed by atoms with van der Waals surface area (Å²) in [5, 5.41) is 6.04. The molecule has 0 unspecified atom stereocenters. The summed E-state index contributed by atoms with van der Waals surface area (Å²) in [6.45, 7) is 1.66. The molecule has 2 heterocycles. The molecule has 2 amide bonds. The van der Waals surface area contributed by atoms with E-state index in [9.17, 15) is 14.4 Å². The number of para-hydroxylation sites is 1. The molecule has 0 bridgehead atoms.